The lowest BCUT2D eigenvalue weighted by molar-refractivity contribution is 0.00638. The molecule has 11 heteroatoms. The molecule has 3 aromatic rings. The molecule has 0 unspecified atom stereocenters. The van der Waals surface area contributed by atoms with Gasteiger partial charge in [-0.05, 0) is 18.6 Å². The molecule has 5 rings (SSSR count). The summed E-state index contributed by atoms with van der Waals surface area (Å²) in [5.41, 5.74) is -0.494. The van der Waals surface area contributed by atoms with E-state index in [0.717, 1.165) is 23.5 Å². The summed E-state index contributed by atoms with van der Waals surface area (Å²) in [6.07, 6.45) is 1.06. The van der Waals surface area contributed by atoms with E-state index in [1.54, 1.807) is 0 Å². The van der Waals surface area contributed by atoms with E-state index in [0.29, 0.717) is 11.6 Å². The summed E-state index contributed by atoms with van der Waals surface area (Å²) in [6, 6.07) is 3.11. The zero-order chi connectivity index (χ0) is 21.9. The van der Waals surface area contributed by atoms with Crippen LogP contribution in [0.2, 0.25) is 0 Å². The average Bonchev–Trinajstić information content (AvgIpc) is 3.33. The SMILES string of the molecule is C[C@@H]1CO[C@H]2Cn3cc(-c4nnc(Cc5ccc(F)cc5F)s4)c(=O)c(O)c3C(=O)N12. The van der Waals surface area contributed by atoms with Crippen LogP contribution in [0, 0.1) is 11.6 Å². The van der Waals surface area contributed by atoms with Crippen molar-refractivity contribution in [2.24, 2.45) is 0 Å². The zero-order valence-corrected chi connectivity index (χ0v) is 17.0. The number of aromatic nitrogens is 3. The van der Waals surface area contributed by atoms with Gasteiger partial charge in [-0.1, -0.05) is 17.4 Å². The summed E-state index contributed by atoms with van der Waals surface area (Å²) in [4.78, 5) is 27.1. The van der Waals surface area contributed by atoms with Crippen molar-refractivity contribution in [3.63, 3.8) is 0 Å². The van der Waals surface area contributed by atoms with Gasteiger partial charge in [0.2, 0.25) is 5.43 Å². The first-order chi connectivity index (χ1) is 14.8. The Labute approximate surface area is 178 Å². The average molecular weight is 446 g/mol. The van der Waals surface area contributed by atoms with Crippen LogP contribution >= 0.6 is 11.3 Å². The number of fused-ring (bicyclic) bond motifs is 2. The quantitative estimate of drug-likeness (QED) is 0.662. The minimum Gasteiger partial charge on any atom is -0.503 e. The number of benzene rings is 1. The molecule has 0 spiro atoms. The Kier molecular flexibility index (Phi) is 4.59. The summed E-state index contributed by atoms with van der Waals surface area (Å²) >= 11 is 1.05. The van der Waals surface area contributed by atoms with Gasteiger partial charge in [0.1, 0.15) is 16.6 Å². The largest absolute Gasteiger partial charge is 0.503 e. The summed E-state index contributed by atoms with van der Waals surface area (Å²) in [5, 5.41) is 19.1. The summed E-state index contributed by atoms with van der Waals surface area (Å²) < 4.78 is 34.2. The van der Waals surface area contributed by atoms with Crippen molar-refractivity contribution in [1.82, 2.24) is 19.7 Å². The van der Waals surface area contributed by atoms with Crippen molar-refractivity contribution in [1.29, 1.82) is 0 Å². The van der Waals surface area contributed by atoms with Gasteiger partial charge >= 0.3 is 0 Å². The van der Waals surface area contributed by atoms with E-state index in [2.05, 4.69) is 10.2 Å². The molecule has 0 aliphatic carbocycles. The second kappa shape index (κ2) is 7.20. The van der Waals surface area contributed by atoms with E-state index in [1.807, 2.05) is 6.92 Å². The molecule has 1 aromatic carbocycles. The van der Waals surface area contributed by atoms with Crippen LogP contribution in [0.4, 0.5) is 8.78 Å². The first-order valence-electron chi connectivity index (χ1n) is 9.51. The van der Waals surface area contributed by atoms with E-state index in [-0.39, 0.29) is 40.8 Å². The number of pyridine rings is 1. The fourth-order valence-corrected chi connectivity index (χ4v) is 4.76. The lowest BCUT2D eigenvalue weighted by Crippen LogP contribution is -2.48. The highest BCUT2D eigenvalue weighted by molar-refractivity contribution is 7.14. The second-order valence-corrected chi connectivity index (χ2v) is 8.55. The van der Waals surface area contributed by atoms with Gasteiger partial charge in [0, 0.05) is 18.7 Å². The molecule has 1 saturated heterocycles. The minimum absolute atomic E-state index is 0.0727. The predicted octanol–water partition coefficient (Wildman–Crippen LogP) is 2.14. The van der Waals surface area contributed by atoms with Crippen molar-refractivity contribution >= 4 is 17.2 Å². The smallest absolute Gasteiger partial charge is 0.276 e. The van der Waals surface area contributed by atoms with Crippen LogP contribution < -0.4 is 5.43 Å². The van der Waals surface area contributed by atoms with Gasteiger partial charge in [-0.25, -0.2) is 8.78 Å². The maximum Gasteiger partial charge on any atom is 0.276 e. The number of ether oxygens (including phenoxy) is 1. The predicted molar refractivity (Wildman–Crippen MR) is 106 cm³/mol. The third-order valence-corrected chi connectivity index (χ3v) is 6.37. The Morgan fingerprint density at radius 3 is 2.87 bits per heavy atom. The number of nitrogens with zero attached hydrogens (tertiary/aromatic N) is 4. The highest BCUT2D eigenvalue weighted by atomic mass is 32.1. The maximum absolute atomic E-state index is 13.9. The van der Waals surface area contributed by atoms with Crippen LogP contribution in [0.3, 0.4) is 0 Å². The molecule has 2 atom stereocenters. The topological polar surface area (TPSA) is 97.5 Å². The van der Waals surface area contributed by atoms with Gasteiger partial charge < -0.3 is 19.3 Å². The molecule has 2 aliphatic heterocycles. The fraction of sp³-hybridized carbons (Fsp3) is 0.300. The van der Waals surface area contributed by atoms with Crippen molar-refractivity contribution < 1.29 is 23.4 Å². The molecule has 0 radical (unpaired) electrons. The number of carbonyl (C=O) groups excluding carboxylic acids is 1. The molecule has 1 amide bonds. The molecule has 2 aromatic heterocycles. The highest BCUT2D eigenvalue weighted by Crippen LogP contribution is 2.32. The third-order valence-electron chi connectivity index (χ3n) is 5.42. The number of hydrogen-bond acceptors (Lipinski definition) is 7. The van der Waals surface area contributed by atoms with Crippen LogP contribution in [-0.4, -0.2) is 49.6 Å². The van der Waals surface area contributed by atoms with Gasteiger partial charge in [-0.2, -0.15) is 0 Å². The Balaban J connectivity index is 1.51. The van der Waals surface area contributed by atoms with Crippen molar-refractivity contribution in [3.05, 3.63) is 62.5 Å². The molecular weight excluding hydrogens is 430 g/mol. The van der Waals surface area contributed by atoms with E-state index >= 15 is 0 Å². The number of carbonyl (C=O) groups is 1. The second-order valence-electron chi connectivity index (χ2n) is 7.48. The van der Waals surface area contributed by atoms with Gasteiger partial charge in [-0.3, -0.25) is 9.59 Å². The Bertz CT molecular complexity index is 1270. The maximum atomic E-state index is 13.9. The molecule has 2 aliphatic rings. The first-order valence-corrected chi connectivity index (χ1v) is 10.3. The monoisotopic (exact) mass is 446 g/mol. The van der Waals surface area contributed by atoms with Crippen molar-refractivity contribution in [2.45, 2.75) is 32.2 Å². The molecule has 0 bridgehead atoms. The Morgan fingerprint density at radius 2 is 2.10 bits per heavy atom. The molecule has 1 N–H and O–H groups in total. The number of aromatic hydroxyl groups is 1. The van der Waals surface area contributed by atoms with Gasteiger partial charge in [0.05, 0.1) is 24.8 Å². The highest BCUT2D eigenvalue weighted by Gasteiger charge is 2.42. The van der Waals surface area contributed by atoms with Crippen molar-refractivity contribution in [2.75, 3.05) is 6.61 Å². The molecule has 0 saturated carbocycles. The Hall–Kier alpha value is -3.18. The molecule has 160 valence electrons. The summed E-state index contributed by atoms with van der Waals surface area (Å²) in [6.45, 7) is 2.48. The van der Waals surface area contributed by atoms with Crippen LogP contribution in [0.1, 0.15) is 28.0 Å². The van der Waals surface area contributed by atoms with Gasteiger partial charge in [-0.15, -0.1) is 10.2 Å². The number of rotatable bonds is 3. The molecular formula is C20H16F2N4O4S. The standard InChI is InChI=1S/C20H16F2N4O4S/c1-9-8-30-15-7-25-6-12(17(27)18(28)16(25)20(29)26(9)15)19-24-23-14(31-19)4-10-2-3-11(21)5-13(10)22/h2-3,5-6,9,15,28H,4,7-8H2,1H3/t9-,15+/m1/s1. The summed E-state index contributed by atoms with van der Waals surface area (Å²) in [7, 11) is 0. The summed E-state index contributed by atoms with van der Waals surface area (Å²) in [5.74, 6) is -2.49. The van der Waals surface area contributed by atoms with Crippen LogP contribution in [0.15, 0.2) is 29.2 Å². The minimum atomic E-state index is -0.735. The van der Waals surface area contributed by atoms with Gasteiger partial charge in [0.15, 0.2) is 22.7 Å². The number of halogens is 2. The fourth-order valence-electron chi connectivity index (χ4n) is 3.89. The normalized spacial score (nSPS) is 20.1. The Morgan fingerprint density at radius 1 is 1.29 bits per heavy atom. The number of amides is 1. The van der Waals surface area contributed by atoms with Crippen LogP contribution in [0.5, 0.6) is 5.75 Å². The zero-order valence-electron chi connectivity index (χ0n) is 16.2. The van der Waals surface area contributed by atoms with Crippen molar-refractivity contribution in [3.8, 4) is 16.3 Å². The lowest BCUT2D eigenvalue weighted by atomic mass is 10.1. The molecule has 4 heterocycles. The number of hydrogen-bond donors (Lipinski definition) is 1. The molecule has 8 nitrogen and oxygen atoms in total. The van der Waals surface area contributed by atoms with E-state index in [9.17, 15) is 23.5 Å². The van der Waals surface area contributed by atoms with Gasteiger partial charge in [0.25, 0.3) is 5.91 Å². The van der Waals surface area contributed by atoms with Crippen LogP contribution in [-0.2, 0) is 17.7 Å². The first kappa shape index (κ1) is 19.8. The van der Waals surface area contributed by atoms with E-state index in [1.165, 1.54) is 21.7 Å². The molecule has 31 heavy (non-hydrogen) atoms. The lowest BCUT2D eigenvalue weighted by Gasteiger charge is -2.33. The van der Waals surface area contributed by atoms with Crippen LogP contribution in [0.25, 0.3) is 10.6 Å². The third kappa shape index (κ3) is 3.20. The van der Waals surface area contributed by atoms with E-state index in [4.69, 9.17) is 4.74 Å². The van der Waals surface area contributed by atoms with E-state index < -0.39 is 34.9 Å². The molecule has 1 fully saturated rings.